The van der Waals surface area contributed by atoms with Crippen molar-refractivity contribution in [1.82, 2.24) is 9.62 Å². The van der Waals surface area contributed by atoms with Gasteiger partial charge in [-0.2, -0.15) is 29.7 Å². The van der Waals surface area contributed by atoms with E-state index in [9.17, 15) is 26.4 Å². The van der Waals surface area contributed by atoms with Crippen LogP contribution < -0.4 is 4.72 Å². The molecule has 1 atom stereocenters. The molecule has 2 aromatic rings. The summed E-state index contributed by atoms with van der Waals surface area (Å²) in [5.41, 5.74) is 0.00318. The summed E-state index contributed by atoms with van der Waals surface area (Å²) in [6, 6.07) is 10.1. The number of likely N-dealkylation sites (N-methyl/N-ethyl adjacent to an activating group) is 1. The molecule has 0 aliphatic carbocycles. The number of benzene rings is 2. The average Bonchev–Trinajstić information content (AvgIpc) is 2.70. The summed E-state index contributed by atoms with van der Waals surface area (Å²) in [6.07, 6.45) is -2.53. The van der Waals surface area contributed by atoms with Gasteiger partial charge < -0.3 is 4.90 Å². The monoisotopic (exact) mass is 474 g/mol. The van der Waals surface area contributed by atoms with Crippen LogP contribution in [0.3, 0.4) is 0 Å². The highest BCUT2D eigenvalue weighted by Crippen LogP contribution is 2.32. The average molecular weight is 475 g/mol. The van der Waals surface area contributed by atoms with E-state index in [1.54, 1.807) is 12.1 Å². The lowest BCUT2D eigenvalue weighted by molar-refractivity contribution is -0.139. The van der Waals surface area contributed by atoms with Crippen LogP contribution in [0.25, 0.3) is 0 Å². The second-order valence-corrected chi connectivity index (χ2v) is 9.82. The van der Waals surface area contributed by atoms with Crippen LogP contribution in [0.2, 0.25) is 0 Å². The molecule has 0 saturated carbocycles. The molecule has 0 spiro atoms. The fourth-order valence-electron chi connectivity index (χ4n) is 2.98. The van der Waals surface area contributed by atoms with Crippen LogP contribution in [0.15, 0.2) is 53.4 Å². The van der Waals surface area contributed by atoms with Gasteiger partial charge in [-0.15, -0.1) is 0 Å². The highest BCUT2D eigenvalue weighted by molar-refractivity contribution is 7.98. The number of carbonyl (C=O) groups excluding carboxylic acids is 1. The lowest BCUT2D eigenvalue weighted by Gasteiger charge is -2.25. The number of carbonyl (C=O) groups is 1. The normalized spacial score (nSPS) is 13.1. The highest BCUT2D eigenvalue weighted by atomic mass is 32.2. The van der Waals surface area contributed by atoms with Gasteiger partial charge in [0.05, 0.1) is 10.5 Å². The zero-order chi connectivity index (χ0) is 23.2. The van der Waals surface area contributed by atoms with E-state index in [4.69, 9.17) is 0 Å². The third-order valence-corrected chi connectivity index (χ3v) is 6.78. The van der Waals surface area contributed by atoms with E-state index < -0.39 is 33.7 Å². The maximum absolute atomic E-state index is 13.3. The minimum atomic E-state index is -4.55. The fraction of sp³-hybridized carbons (Fsp3) is 0.381. The van der Waals surface area contributed by atoms with Crippen molar-refractivity contribution in [1.29, 1.82) is 0 Å². The van der Waals surface area contributed by atoms with Crippen molar-refractivity contribution in [3.8, 4) is 0 Å². The smallest absolute Gasteiger partial charge is 0.340 e. The molecule has 2 aromatic carbocycles. The van der Waals surface area contributed by atoms with Gasteiger partial charge in [-0.25, -0.2) is 8.42 Å². The Bertz CT molecular complexity index is 994. The maximum Gasteiger partial charge on any atom is 0.416 e. The molecular formula is C21H25F3N2O3S2. The largest absolute Gasteiger partial charge is 0.416 e. The second-order valence-electron chi connectivity index (χ2n) is 7.12. The first-order valence-electron chi connectivity index (χ1n) is 9.43. The predicted molar refractivity (Wildman–Crippen MR) is 116 cm³/mol. The first kappa shape index (κ1) is 25.2. The van der Waals surface area contributed by atoms with Crippen LogP contribution in [0.1, 0.15) is 23.1 Å². The van der Waals surface area contributed by atoms with Crippen LogP contribution in [-0.4, -0.2) is 44.3 Å². The van der Waals surface area contributed by atoms with Crippen LogP contribution in [0.5, 0.6) is 0 Å². The summed E-state index contributed by atoms with van der Waals surface area (Å²) in [7, 11) is -2.61. The molecule has 31 heavy (non-hydrogen) atoms. The topological polar surface area (TPSA) is 66.5 Å². The van der Waals surface area contributed by atoms with Gasteiger partial charge in [0, 0.05) is 13.6 Å². The molecule has 0 saturated heterocycles. The van der Waals surface area contributed by atoms with E-state index in [0.717, 1.165) is 16.5 Å². The van der Waals surface area contributed by atoms with Crippen molar-refractivity contribution in [2.45, 2.75) is 37.0 Å². The number of sulfonamides is 1. The first-order valence-corrected chi connectivity index (χ1v) is 12.3. The van der Waals surface area contributed by atoms with E-state index in [1.165, 1.54) is 49.1 Å². The fourth-order valence-corrected chi connectivity index (χ4v) is 4.67. The molecule has 1 unspecified atom stereocenters. The minimum absolute atomic E-state index is 0.0186. The first-order chi connectivity index (χ1) is 14.5. The molecule has 0 aromatic heterocycles. The van der Waals surface area contributed by atoms with Crippen LogP contribution in [0.4, 0.5) is 13.2 Å². The standard InChI is InChI=1S/C21H25F3N2O3S2/c1-15-8-10-17(11-9-15)31(28,29)25-19(12-13-30-3)20(27)26(2)14-16-6-4-5-7-18(16)21(22,23)24/h4-11,19,25H,12-14H2,1-3H3. The predicted octanol–water partition coefficient (Wildman–Crippen LogP) is 4.07. The molecule has 1 amide bonds. The number of thioether (sulfide) groups is 1. The molecule has 0 heterocycles. The zero-order valence-corrected chi connectivity index (χ0v) is 19.1. The lowest BCUT2D eigenvalue weighted by Crippen LogP contribution is -2.47. The number of halogens is 3. The molecule has 0 aliphatic heterocycles. The van der Waals surface area contributed by atoms with Crippen molar-refractivity contribution in [2.24, 2.45) is 0 Å². The van der Waals surface area contributed by atoms with Gasteiger partial charge in [-0.1, -0.05) is 35.9 Å². The molecular weight excluding hydrogens is 449 g/mol. The molecule has 0 bridgehead atoms. The quantitative estimate of drug-likeness (QED) is 0.595. The number of nitrogens with one attached hydrogen (secondary N) is 1. The summed E-state index contributed by atoms with van der Waals surface area (Å²) in [6.45, 7) is 1.53. The van der Waals surface area contributed by atoms with Crippen molar-refractivity contribution in [2.75, 3.05) is 19.1 Å². The number of aryl methyl sites for hydroxylation is 1. The number of amides is 1. The Kier molecular flexibility index (Phi) is 8.56. The molecule has 0 aliphatic rings. The zero-order valence-electron chi connectivity index (χ0n) is 17.4. The lowest BCUT2D eigenvalue weighted by atomic mass is 10.1. The van der Waals surface area contributed by atoms with Crippen LogP contribution in [0, 0.1) is 6.92 Å². The van der Waals surface area contributed by atoms with Crippen LogP contribution >= 0.6 is 11.8 Å². The molecule has 1 N–H and O–H groups in total. The molecule has 2 rings (SSSR count). The summed E-state index contributed by atoms with van der Waals surface area (Å²) in [4.78, 5) is 14.1. The van der Waals surface area contributed by atoms with Gasteiger partial charge >= 0.3 is 6.18 Å². The Morgan fingerprint density at radius 1 is 1.13 bits per heavy atom. The third-order valence-electron chi connectivity index (χ3n) is 4.64. The van der Waals surface area contributed by atoms with Gasteiger partial charge in [0.1, 0.15) is 6.04 Å². The molecule has 0 radical (unpaired) electrons. The summed E-state index contributed by atoms with van der Waals surface area (Å²) in [5.74, 6) is -0.0958. The van der Waals surface area contributed by atoms with Crippen molar-refractivity contribution in [3.63, 3.8) is 0 Å². The Morgan fingerprint density at radius 2 is 1.74 bits per heavy atom. The molecule has 170 valence electrons. The summed E-state index contributed by atoms with van der Waals surface area (Å²) < 4.78 is 67.7. The van der Waals surface area contributed by atoms with Crippen molar-refractivity contribution >= 4 is 27.7 Å². The molecule has 5 nitrogen and oxygen atoms in total. The number of alkyl halides is 3. The Balaban J connectivity index is 2.24. The SMILES string of the molecule is CSCCC(NS(=O)(=O)c1ccc(C)cc1)C(=O)N(C)Cc1ccccc1C(F)(F)F. The molecule has 10 heteroatoms. The summed E-state index contributed by atoms with van der Waals surface area (Å²) >= 11 is 1.44. The molecule has 0 fully saturated rings. The van der Waals surface area contributed by atoms with Crippen molar-refractivity contribution < 1.29 is 26.4 Å². The minimum Gasteiger partial charge on any atom is -0.340 e. The van der Waals surface area contributed by atoms with Crippen molar-refractivity contribution in [3.05, 3.63) is 65.2 Å². The second kappa shape index (κ2) is 10.5. The number of hydrogen-bond acceptors (Lipinski definition) is 4. The number of hydrogen-bond donors (Lipinski definition) is 1. The maximum atomic E-state index is 13.3. The van der Waals surface area contributed by atoms with E-state index in [0.29, 0.717) is 5.75 Å². The van der Waals surface area contributed by atoms with Crippen LogP contribution in [-0.2, 0) is 27.5 Å². The van der Waals surface area contributed by atoms with Gasteiger partial charge in [0.2, 0.25) is 15.9 Å². The summed E-state index contributed by atoms with van der Waals surface area (Å²) in [5, 5.41) is 0. The third kappa shape index (κ3) is 6.98. The van der Waals surface area contributed by atoms with E-state index in [1.807, 2.05) is 13.2 Å². The highest BCUT2D eigenvalue weighted by Gasteiger charge is 2.34. The van der Waals surface area contributed by atoms with Gasteiger partial charge in [-0.3, -0.25) is 4.79 Å². The van der Waals surface area contributed by atoms with Gasteiger partial charge in [0.25, 0.3) is 0 Å². The Labute approximate surface area is 185 Å². The van der Waals surface area contributed by atoms with Gasteiger partial charge in [-0.05, 0) is 49.1 Å². The van der Waals surface area contributed by atoms with Gasteiger partial charge in [0.15, 0.2) is 0 Å². The Morgan fingerprint density at radius 3 is 2.32 bits per heavy atom. The van der Waals surface area contributed by atoms with E-state index in [2.05, 4.69) is 4.72 Å². The number of nitrogens with zero attached hydrogens (tertiary/aromatic N) is 1. The van der Waals surface area contributed by atoms with E-state index in [-0.39, 0.29) is 23.4 Å². The number of rotatable bonds is 9. The Hall–Kier alpha value is -2.04. The van der Waals surface area contributed by atoms with E-state index >= 15 is 0 Å².